The van der Waals surface area contributed by atoms with E-state index in [9.17, 15) is 0 Å². The summed E-state index contributed by atoms with van der Waals surface area (Å²) in [5, 5.41) is 1.47. The van der Waals surface area contributed by atoms with Gasteiger partial charge in [-0.05, 0) is 6.92 Å². The second-order valence-corrected chi connectivity index (χ2v) is 1.66. The Labute approximate surface area is 52.5 Å². The van der Waals surface area contributed by atoms with Gasteiger partial charge in [-0.2, -0.15) is 0 Å². The molecule has 0 spiro atoms. The molecule has 1 aromatic heterocycles. The molecule has 2 nitrogen and oxygen atoms in total. The third-order valence-corrected chi connectivity index (χ3v) is 1.10. The Hall–Kier alpha value is -0.700. The summed E-state index contributed by atoms with van der Waals surface area (Å²) in [6.45, 7) is 1.85. The Morgan fingerprint density at radius 2 is 2.62 bits per heavy atom. The molecule has 1 rings (SSSR count). The lowest BCUT2D eigenvalue weighted by atomic mass is 10.4. The summed E-state index contributed by atoms with van der Waals surface area (Å²) in [7, 11) is 0. The Morgan fingerprint density at radius 1 is 1.88 bits per heavy atom. The van der Waals surface area contributed by atoms with Crippen molar-refractivity contribution in [3.8, 4) is 0 Å². The number of rotatable bonds is 1. The summed E-state index contributed by atoms with van der Waals surface area (Å²) < 4.78 is 4.84. The van der Waals surface area contributed by atoms with Crippen LogP contribution in [0.1, 0.15) is 11.5 Å². The van der Waals surface area contributed by atoms with Gasteiger partial charge in [-0.1, -0.05) is 12.2 Å². The van der Waals surface area contributed by atoms with Crippen LogP contribution >= 0.6 is 12.2 Å². The fourth-order valence-electron chi connectivity index (χ4n) is 0.424. The van der Waals surface area contributed by atoms with Crippen LogP contribution in [0.25, 0.3) is 0 Å². The van der Waals surface area contributed by atoms with E-state index in [4.69, 9.17) is 4.42 Å². The molecule has 0 aromatic carbocycles. The number of hydrogen-bond acceptors (Lipinski definition) is 3. The monoisotopic (exact) mass is 127 g/mol. The van der Waals surface area contributed by atoms with Crippen molar-refractivity contribution in [2.75, 3.05) is 0 Å². The average Bonchev–Trinajstić information content (AvgIpc) is 2.14. The largest absolute Gasteiger partial charge is 0.443 e. The van der Waals surface area contributed by atoms with Crippen molar-refractivity contribution >= 4 is 17.6 Å². The van der Waals surface area contributed by atoms with Gasteiger partial charge in [0.25, 0.3) is 0 Å². The lowest BCUT2D eigenvalue weighted by Crippen LogP contribution is -1.76. The quantitative estimate of drug-likeness (QED) is 0.532. The van der Waals surface area contributed by atoms with Crippen LogP contribution in [0.2, 0.25) is 0 Å². The number of oxazole rings is 1. The highest BCUT2D eigenvalue weighted by atomic mass is 32.1. The van der Waals surface area contributed by atoms with E-state index in [1.54, 1.807) is 0 Å². The van der Waals surface area contributed by atoms with Gasteiger partial charge in [0.2, 0.25) is 0 Å². The molecule has 1 aromatic rings. The average molecular weight is 127 g/mol. The highest BCUT2D eigenvalue weighted by molar-refractivity contribution is 7.79. The lowest BCUT2D eigenvalue weighted by molar-refractivity contribution is 0.551. The lowest BCUT2D eigenvalue weighted by Gasteiger charge is -1.78. The minimum absolute atomic E-state index is 0.681. The van der Waals surface area contributed by atoms with Crippen molar-refractivity contribution in [2.45, 2.75) is 6.92 Å². The summed E-state index contributed by atoms with van der Waals surface area (Å²) in [5.74, 6) is 0.681. The second kappa shape index (κ2) is 2.05. The standard InChI is InChI=1S/C5H5NOS/c1-4-5(2-8)7-3-6-4/h2-3H,1H3. The smallest absolute Gasteiger partial charge is 0.181 e. The normalized spacial score (nSPS) is 9.12. The molecule has 0 saturated carbocycles. The molecule has 0 atom stereocenters. The van der Waals surface area contributed by atoms with Gasteiger partial charge in [-0.25, -0.2) is 4.98 Å². The van der Waals surface area contributed by atoms with Crippen molar-refractivity contribution in [3.63, 3.8) is 0 Å². The van der Waals surface area contributed by atoms with Crippen LogP contribution in [0.3, 0.4) is 0 Å². The van der Waals surface area contributed by atoms with Crippen molar-refractivity contribution in [1.82, 2.24) is 4.98 Å². The third-order valence-electron chi connectivity index (χ3n) is 0.890. The van der Waals surface area contributed by atoms with E-state index in [2.05, 4.69) is 17.2 Å². The van der Waals surface area contributed by atoms with Gasteiger partial charge in [-0.15, -0.1) is 0 Å². The first-order valence-electron chi connectivity index (χ1n) is 2.20. The maximum atomic E-state index is 4.84. The van der Waals surface area contributed by atoms with Gasteiger partial charge in [0.05, 0.1) is 5.69 Å². The molecule has 0 saturated heterocycles. The van der Waals surface area contributed by atoms with E-state index < -0.39 is 0 Å². The van der Waals surface area contributed by atoms with E-state index in [0.29, 0.717) is 5.76 Å². The highest BCUT2D eigenvalue weighted by Gasteiger charge is 1.94. The minimum Gasteiger partial charge on any atom is -0.443 e. The molecule has 0 bridgehead atoms. The Balaban J connectivity index is 3.09. The molecule has 0 N–H and O–H groups in total. The van der Waals surface area contributed by atoms with Crippen LogP contribution in [-0.2, 0) is 0 Å². The predicted octanol–water partition coefficient (Wildman–Crippen LogP) is 1.33. The van der Waals surface area contributed by atoms with E-state index in [0.717, 1.165) is 5.69 Å². The number of aryl methyl sites for hydroxylation is 1. The van der Waals surface area contributed by atoms with Crippen LogP contribution in [0.5, 0.6) is 0 Å². The fourth-order valence-corrected chi connectivity index (χ4v) is 0.650. The summed E-state index contributed by atoms with van der Waals surface area (Å²) >= 11 is 4.60. The molecule has 8 heavy (non-hydrogen) atoms. The van der Waals surface area contributed by atoms with E-state index in [1.807, 2.05) is 6.92 Å². The van der Waals surface area contributed by atoms with Gasteiger partial charge in [0.1, 0.15) is 0 Å². The van der Waals surface area contributed by atoms with Crippen molar-refractivity contribution in [2.24, 2.45) is 0 Å². The van der Waals surface area contributed by atoms with Crippen molar-refractivity contribution in [1.29, 1.82) is 0 Å². The maximum Gasteiger partial charge on any atom is 0.181 e. The van der Waals surface area contributed by atoms with Gasteiger partial charge in [-0.3, -0.25) is 0 Å². The molecule has 0 amide bonds. The summed E-state index contributed by atoms with van der Waals surface area (Å²) in [6, 6.07) is 0. The maximum absolute atomic E-state index is 4.84. The Kier molecular flexibility index (Phi) is 1.39. The molecule has 0 aliphatic carbocycles. The number of hydrogen-bond donors (Lipinski definition) is 0. The van der Waals surface area contributed by atoms with Gasteiger partial charge >= 0.3 is 0 Å². The first-order chi connectivity index (χ1) is 3.84. The highest BCUT2D eigenvalue weighted by Crippen LogP contribution is 1.99. The van der Waals surface area contributed by atoms with Crippen LogP contribution in [0.4, 0.5) is 0 Å². The first kappa shape index (κ1) is 5.44. The molecule has 3 heteroatoms. The summed E-state index contributed by atoms with van der Waals surface area (Å²) in [5.41, 5.74) is 0.847. The molecular formula is C5H5NOS. The van der Waals surface area contributed by atoms with Crippen LogP contribution in [-0.4, -0.2) is 10.4 Å². The minimum atomic E-state index is 0.681. The van der Waals surface area contributed by atoms with Crippen molar-refractivity contribution in [3.05, 3.63) is 17.8 Å². The van der Waals surface area contributed by atoms with Gasteiger partial charge in [0.15, 0.2) is 12.2 Å². The van der Waals surface area contributed by atoms with Crippen molar-refractivity contribution < 1.29 is 4.42 Å². The molecule has 0 fully saturated rings. The first-order valence-corrected chi connectivity index (χ1v) is 2.67. The second-order valence-electron chi connectivity index (χ2n) is 1.42. The SMILES string of the molecule is Cc1ncoc1C=S. The van der Waals surface area contributed by atoms with Crippen LogP contribution in [0, 0.1) is 6.92 Å². The summed E-state index contributed by atoms with van der Waals surface area (Å²) in [4.78, 5) is 3.82. The molecule has 0 aliphatic rings. The molecule has 1 heterocycles. The molecule has 42 valence electrons. The Morgan fingerprint density at radius 3 is 2.88 bits per heavy atom. The zero-order valence-corrected chi connectivity index (χ0v) is 5.23. The molecular weight excluding hydrogens is 122 g/mol. The summed E-state index contributed by atoms with van der Waals surface area (Å²) in [6.07, 6.45) is 1.38. The number of nitrogens with zero attached hydrogens (tertiary/aromatic N) is 1. The molecule has 0 aliphatic heterocycles. The van der Waals surface area contributed by atoms with Crippen LogP contribution < -0.4 is 0 Å². The van der Waals surface area contributed by atoms with E-state index >= 15 is 0 Å². The molecule has 0 unspecified atom stereocenters. The predicted molar refractivity (Wildman–Crippen MR) is 34.0 cm³/mol. The van der Waals surface area contributed by atoms with Crippen LogP contribution in [0.15, 0.2) is 10.8 Å². The van der Waals surface area contributed by atoms with Gasteiger partial charge in [0, 0.05) is 5.37 Å². The van der Waals surface area contributed by atoms with E-state index in [-0.39, 0.29) is 0 Å². The zero-order valence-electron chi connectivity index (χ0n) is 4.42. The number of thiocarbonyl (C=S) groups is 1. The number of aromatic nitrogens is 1. The topological polar surface area (TPSA) is 26.0 Å². The third kappa shape index (κ3) is 0.767. The fraction of sp³-hybridized carbons (Fsp3) is 0.200. The zero-order chi connectivity index (χ0) is 5.98. The van der Waals surface area contributed by atoms with E-state index in [1.165, 1.54) is 11.8 Å². The Bertz CT molecular complexity index is 194. The molecule has 0 radical (unpaired) electrons. The van der Waals surface area contributed by atoms with Gasteiger partial charge < -0.3 is 4.42 Å².